The summed E-state index contributed by atoms with van der Waals surface area (Å²) in [5.41, 5.74) is -0.0443. The van der Waals surface area contributed by atoms with Crippen LogP contribution in [0.1, 0.15) is 39.5 Å². The SMILES string of the molecule is C[C@H]1CCC[C@H](C)N1C(=O)CCn1cc([N+](=O)[O-])cn1. The largest absolute Gasteiger partial charge is 0.337 e. The first-order valence-electron chi connectivity index (χ1n) is 6.97. The second-order valence-corrected chi connectivity index (χ2v) is 5.40. The van der Waals surface area contributed by atoms with Crippen molar-refractivity contribution in [2.75, 3.05) is 0 Å². The van der Waals surface area contributed by atoms with Crippen molar-refractivity contribution in [2.24, 2.45) is 0 Å². The van der Waals surface area contributed by atoms with Crippen molar-refractivity contribution in [3.8, 4) is 0 Å². The molecule has 2 heterocycles. The number of carbonyl (C=O) groups is 1. The van der Waals surface area contributed by atoms with Gasteiger partial charge in [0.2, 0.25) is 5.91 Å². The van der Waals surface area contributed by atoms with Gasteiger partial charge >= 0.3 is 5.69 Å². The lowest BCUT2D eigenvalue weighted by molar-refractivity contribution is -0.385. The Balaban J connectivity index is 1.92. The maximum Gasteiger partial charge on any atom is 0.306 e. The fourth-order valence-electron chi connectivity index (χ4n) is 2.82. The Hall–Kier alpha value is -1.92. The molecule has 0 aliphatic carbocycles. The summed E-state index contributed by atoms with van der Waals surface area (Å²) in [6.45, 7) is 4.53. The van der Waals surface area contributed by atoms with Crippen molar-refractivity contribution >= 4 is 11.6 Å². The molecule has 7 heteroatoms. The highest BCUT2D eigenvalue weighted by Gasteiger charge is 2.28. The van der Waals surface area contributed by atoms with E-state index in [1.807, 2.05) is 4.90 Å². The molecule has 20 heavy (non-hydrogen) atoms. The molecule has 1 aliphatic rings. The molecule has 1 aromatic heterocycles. The normalized spacial score (nSPS) is 22.8. The average molecular weight is 280 g/mol. The topological polar surface area (TPSA) is 81.3 Å². The standard InChI is InChI=1S/C13H20N4O3/c1-10-4-3-5-11(2)16(10)13(18)6-7-15-9-12(8-14-15)17(19)20/h8-11H,3-7H2,1-2H3/t10-,11-/m0/s1. The maximum atomic E-state index is 12.3. The lowest BCUT2D eigenvalue weighted by Crippen LogP contribution is -2.47. The number of hydrogen-bond donors (Lipinski definition) is 0. The van der Waals surface area contributed by atoms with Crippen molar-refractivity contribution in [2.45, 2.75) is 58.2 Å². The molecule has 1 aliphatic heterocycles. The molecule has 7 nitrogen and oxygen atoms in total. The Kier molecular flexibility index (Phi) is 4.36. The van der Waals surface area contributed by atoms with E-state index in [4.69, 9.17) is 0 Å². The van der Waals surface area contributed by atoms with Crippen molar-refractivity contribution in [1.82, 2.24) is 14.7 Å². The van der Waals surface area contributed by atoms with Gasteiger partial charge in [-0.3, -0.25) is 19.6 Å². The minimum atomic E-state index is -0.486. The van der Waals surface area contributed by atoms with Gasteiger partial charge in [-0.1, -0.05) is 0 Å². The molecule has 1 saturated heterocycles. The van der Waals surface area contributed by atoms with Gasteiger partial charge in [0, 0.05) is 25.0 Å². The number of nitro groups is 1. The van der Waals surface area contributed by atoms with Crippen LogP contribution in [0.5, 0.6) is 0 Å². The van der Waals surface area contributed by atoms with E-state index in [1.165, 1.54) is 17.1 Å². The first kappa shape index (κ1) is 14.5. The highest BCUT2D eigenvalue weighted by molar-refractivity contribution is 5.76. The number of likely N-dealkylation sites (tertiary alicyclic amines) is 1. The van der Waals surface area contributed by atoms with Gasteiger partial charge in [-0.15, -0.1) is 0 Å². The van der Waals surface area contributed by atoms with E-state index in [1.54, 1.807) is 0 Å². The van der Waals surface area contributed by atoms with Crippen LogP contribution in [0.2, 0.25) is 0 Å². The molecule has 0 saturated carbocycles. The Labute approximate surface area is 117 Å². The molecule has 0 bridgehead atoms. The number of aryl methyl sites for hydroxylation is 1. The predicted octanol–water partition coefficient (Wildman–Crippen LogP) is 1.97. The number of aromatic nitrogens is 2. The molecule has 2 atom stereocenters. The lowest BCUT2D eigenvalue weighted by atomic mass is 9.97. The summed E-state index contributed by atoms with van der Waals surface area (Å²) in [7, 11) is 0. The molecule has 1 amide bonds. The van der Waals surface area contributed by atoms with Crippen molar-refractivity contribution in [3.05, 3.63) is 22.5 Å². The minimum Gasteiger partial charge on any atom is -0.337 e. The number of carbonyl (C=O) groups excluding carboxylic acids is 1. The quantitative estimate of drug-likeness (QED) is 0.623. The average Bonchev–Trinajstić information content (AvgIpc) is 2.85. The monoisotopic (exact) mass is 280 g/mol. The Bertz CT molecular complexity index is 490. The highest BCUT2D eigenvalue weighted by atomic mass is 16.6. The van der Waals surface area contributed by atoms with Gasteiger partial charge in [-0.25, -0.2) is 0 Å². The molecule has 2 rings (SSSR count). The Morgan fingerprint density at radius 3 is 2.65 bits per heavy atom. The van der Waals surface area contributed by atoms with Gasteiger partial charge in [-0.05, 0) is 33.1 Å². The summed E-state index contributed by atoms with van der Waals surface area (Å²) >= 11 is 0. The predicted molar refractivity (Wildman–Crippen MR) is 73.1 cm³/mol. The summed E-state index contributed by atoms with van der Waals surface area (Å²) in [6, 6.07) is 0.552. The van der Waals surface area contributed by atoms with Gasteiger partial charge < -0.3 is 4.90 Å². The zero-order valence-electron chi connectivity index (χ0n) is 11.9. The van der Waals surface area contributed by atoms with E-state index in [-0.39, 0.29) is 23.7 Å². The molecule has 1 fully saturated rings. The fourth-order valence-corrected chi connectivity index (χ4v) is 2.82. The van der Waals surface area contributed by atoms with Crippen molar-refractivity contribution in [3.63, 3.8) is 0 Å². The fraction of sp³-hybridized carbons (Fsp3) is 0.692. The van der Waals surface area contributed by atoms with E-state index in [9.17, 15) is 14.9 Å². The van der Waals surface area contributed by atoms with E-state index < -0.39 is 4.92 Å². The summed E-state index contributed by atoms with van der Waals surface area (Å²) in [4.78, 5) is 24.3. The third-order valence-electron chi connectivity index (χ3n) is 3.87. The van der Waals surface area contributed by atoms with Crippen LogP contribution in [0, 0.1) is 10.1 Å². The van der Waals surface area contributed by atoms with Crippen LogP contribution in [0.15, 0.2) is 12.4 Å². The van der Waals surface area contributed by atoms with Crippen LogP contribution in [-0.2, 0) is 11.3 Å². The van der Waals surface area contributed by atoms with Crippen LogP contribution in [0.3, 0.4) is 0 Å². The second-order valence-electron chi connectivity index (χ2n) is 5.40. The smallest absolute Gasteiger partial charge is 0.306 e. The number of rotatable bonds is 4. The zero-order chi connectivity index (χ0) is 14.7. The lowest BCUT2D eigenvalue weighted by Gasteiger charge is -2.39. The van der Waals surface area contributed by atoms with Crippen LogP contribution in [0.4, 0.5) is 5.69 Å². The molecule has 0 radical (unpaired) electrons. The molecule has 0 aromatic carbocycles. The van der Waals surface area contributed by atoms with Crippen LogP contribution in [0.25, 0.3) is 0 Å². The molecular weight excluding hydrogens is 260 g/mol. The van der Waals surface area contributed by atoms with E-state index >= 15 is 0 Å². The maximum absolute atomic E-state index is 12.3. The molecule has 110 valence electrons. The Morgan fingerprint density at radius 2 is 2.10 bits per heavy atom. The second kappa shape index (κ2) is 6.02. The zero-order valence-corrected chi connectivity index (χ0v) is 11.9. The van der Waals surface area contributed by atoms with Gasteiger partial charge in [0.1, 0.15) is 12.4 Å². The van der Waals surface area contributed by atoms with Gasteiger partial charge in [0.25, 0.3) is 0 Å². The van der Waals surface area contributed by atoms with Gasteiger partial charge in [0.05, 0.1) is 4.92 Å². The number of piperidine rings is 1. The molecule has 0 spiro atoms. The summed E-state index contributed by atoms with van der Waals surface area (Å²) in [5, 5.41) is 14.5. The van der Waals surface area contributed by atoms with Crippen molar-refractivity contribution in [1.29, 1.82) is 0 Å². The minimum absolute atomic E-state index is 0.0443. The third kappa shape index (κ3) is 3.15. The van der Waals surface area contributed by atoms with Crippen LogP contribution < -0.4 is 0 Å². The van der Waals surface area contributed by atoms with E-state index in [0.29, 0.717) is 13.0 Å². The highest BCUT2D eigenvalue weighted by Crippen LogP contribution is 2.23. The number of hydrogen-bond acceptors (Lipinski definition) is 4. The van der Waals surface area contributed by atoms with Crippen molar-refractivity contribution < 1.29 is 9.72 Å². The van der Waals surface area contributed by atoms with Crippen LogP contribution in [-0.4, -0.2) is 37.6 Å². The Morgan fingerprint density at radius 1 is 1.45 bits per heavy atom. The summed E-state index contributed by atoms with van der Waals surface area (Å²) in [5.74, 6) is 0.0999. The number of nitrogens with zero attached hydrogens (tertiary/aromatic N) is 4. The molecule has 0 unspecified atom stereocenters. The van der Waals surface area contributed by atoms with Gasteiger partial charge in [-0.2, -0.15) is 5.10 Å². The van der Waals surface area contributed by atoms with E-state index in [0.717, 1.165) is 19.3 Å². The summed E-state index contributed by atoms with van der Waals surface area (Å²) in [6.07, 6.45) is 6.14. The molecule has 1 aromatic rings. The summed E-state index contributed by atoms with van der Waals surface area (Å²) < 4.78 is 1.45. The van der Waals surface area contributed by atoms with E-state index in [2.05, 4.69) is 18.9 Å². The molecule has 0 N–H and O–H groups in total. The third-order valence-corrected chi connectivity index (χ3v) is 3.87. The van der Waals surface area contributed by atoms with Gasteiger partial charge in [0.15, 0.2) is 0 Å². The number of amides is 1. The first-order chi connectivity index (χ1) is 9.49. The molecular formula is C13H20N4O3. The first-order valence-corrected chi connectivity index (χ1v) is 6.97. The van der Waals surface area contributed by atoms with Crippen LogP contribution >= 0.6 is 0 Å².